The highest BCUT2D eigenvalue weighted by atomic mass is 32.2. The molecule has 0 aliphatic carbocycles. The molecule has 0 heterocycles. The topological polar surface area (TPSA) is 47.6 Å². The molecule has 0 aromatic heterocycles. The molecule has 0 spiro atoms. The molecule has 2 nitrogen and oxygen atoms in total. The molecule has 1 atom stereocenters. The molecular weight excluding hydrogens is 144 g/mol. The molecule has 0 saturated carbocycles. The number of thioether (sulfide) groups is 1. The van der Waals surface area contributed by atoms with E-state index in [0.717, 1.165) is 18.2 Å². The van der Waals surface area contributed by atoms with E-state index in [1.54, 1.807) is 0 Å². The first kappa shape index (κ1) is 9.33. The Kier molecular flexibility index (Phi) is 4.80. The van der Waals surface area contributed by atoms with Crippen molar-refractivity contribution in [1.29, 1.82) is 10.5 Å². The third-order valence-corrected chi connectivity index (χ3v) is 1.71. The standard InChI is InChI=1S/C7H10N2S/c1-6(2)3-7(4-8)10-5-9/h6-7H,3H2,1-2H3/t7-/m0/s1. The minimum atomic E-state index is -0.148. The zero-order valence-electron chi connectivity index (χ0n) is 6.16. The average molecular weight is 154 g/mol. The van der Waals surface area contributed by atoms with Crippen molar-refractivity contribution in [2.75, 3.05) is 0 Å². The molecule has 0 bridgehead atoms. The van der Waals surface area contributed by atoms with Crippen LogP contribution >= 0.6 is 11.8 Å². The van der Waals surface area contributed by atoms with Crippen molar-refractivity contribution in [2.45, 2.75) is 25.5 Å². The summed E-state index contributed by atoms with van der Waals surface area (Å²) >= 11 is 1.05. The lowest BCUT2D eigenvalue weighted by atomic mass is 10.1. The fraction of sp³-hybridized carbons (Fsp3) is 0.714. The van der Waals surface area contributed by atoms with Crippen LogP contribution in [0.25, 0.3) is 0 Å². The van der Waals surface area contributed by atoms with Gasteiger partial charge in [-0.05, 0) is 24.1 Å². The molecule has 0 radical (unpaired) electrons. The Morgan fingerprint density at radius 2 is 2.00 bits per heavy atom. The lowest BCUT2D eigenvalue weighted by molar-refractivity contribution is 0.605. The molecule has 54 valence electrons. The number of rotatable bonds is 3. The molecule has 0 aliphatic rings. The molecule has 0 fully saturated rings. The second-order valence-electron chi connectivity index (χ2n) is 2.46. The van der Waals surface area contributed by atoms with E-state index in [2.05, 4.69) is 6.07 Å². The predicted molar refractivity (Wildman–Crippen MR) is 42.1 cm³/mol. The lowest BCUT2D eigenvalue weighted by Crippen LogP contribution is -2.02. The summed E-state index contributed by atoms with van der Waals surface area (Å²) in [6.07, 6.45) is 0.800. The quantitative estimate of drug-likeness (QED) is 0.585. The zero-order valence-corrected chi connectivity index (χ0v) is 6.98. The summed E-state index contributed by atoms with van der Waals surface area (Å²) in [6.45, 7) is 4.09. The molecule has 3 heteroatoms. The van der Waals surface area contributed by atoms with E-state index in [0.29, 0.717) is 5.92 Å². The van der Waals surface area contributed by atoms with Crippen molar-refractivity contribution in [2.24, 2.45) is 5.92 Å². The molecule has 0 amide bonds. The largest absolute Gasteiger partial charge is 0.197 e. The molecule has 0 rings (SSSR count). The van der Waals surface area contributed by atoms with Crippen LogP contribution < -0.4 is 0 Å². The van der Waals surface area contributed by atoms with Crippen LogP contribution in [0, 0.1) is 27.9 Å². The van der Waals surface area contributed by atoms with Crippen LogP contribution in [0.2, 0.25) is 0 Å². The van der Waals surface area contributed by atoms with E-state index in [9.17, 15) is 0 Å². The van der Waals surface area contributed by atoms with Crippen LogP contribution in [0.3, 0.4) is 0 Å². The minimum absolute atomic E-state index is 0.148. The van der Waals surface area contributed by atoms with Gasteiger partial charge in [0.15, 0.2) is 0 Å². The van der Waals surface area contributed by atoms with E-state index >= 15 is 0 Å². The van der Waals surface area contributed by atoms with Gasteiger partial charge in [-0.2, -0.15) is 10.5 Å². The summed E-state index contributed by atoms with van der Waals surface area (Å²) < 4.78 is 0. The van der Waals surface area contributed by atoms with Crippen LogP contribution in [0.15, 0.2) is 0 Å². The summed E-state index contributed by atoms with van der Waals surface area (Å²) in [5.41, 5.74) is 0. The van der Waals surface area contributed by atoms with Gasteiger partial charge in [0.1, 0.15) is 10.7 Å². The van der Waals surface area contributed by atoms with Gasteiger partial charge in [-0.25, -0.2) is 0 Å². The highest BCUT2D eigenvalue weighted by Gasteiger charge is 2.08. The summed E-state index contributed by atoms with van der Waals surface area (Å²) in [5.74, 6) is 0.491. The average Bonchev–Trinajstić information content (AvgIpc) is 1.86. The normalized spacial score (nSPS) is 12.1. The third-order valence-electron chi connectivity index (χ3n) is 1.02. The van der Waals surface area contributed by atoms with E-state index in [4.69, 9.17) is 10.5 Å². The van der Waals surface area contributed by atoms with Gasteiger partial charge in [0.05, 0.1) is 6.07 Å². The Balaban J connectivity index is 3.66. The van der Waals surface area contributed by atoms with Crippen LogP contribution in [0.5, 0.6) is 0 Å². The minimum Gasteiger partial charge on any atom is -0.197 e. The van der Waals surface area contributed by atoms with E-state index in [1.165, 1.54) is 0 Å². The lowest BCUT2D eigenvalue weighted by Gasteiger charge is -2.05. The van der Waals surface area contributed by atoms with Crippen LogP contribution in [0.1, 0.15) is 20.3 Å². The van der Waals surface area contributed by atoms with Gasteiger partial charge >= 0.3 is 0 Å². The number of nitrogens with zero attached hydrogens (tertiary/aromatic N) is 2. The summed E-state index contributed by atoms with van der Waals surface area (Å²) in [4.78, 5) is 0. The first-order valence-corrected chi connectivity index (χ1v) is 4.03. The maximum absolute atomic E-state index is 8.48. The Morgan fingerprint density at radius 1 is 1.40 bits per heavy atom. The van der Waals surface area contributed by atoms with Crippen molar-refractivity contribution in [3.8, 4) is 11.5 Å². The Morgan fingerprint density at radius 3 is 2.30 bits per heavy atom. The van der Waals surface area contributed by atoms with Crippen LogP contribution in [-0.2, 0) is 0 Å². The van der Waals surface area contributed by atoms with Crippen LogP contribution in [0.4, 0.5) is 0 Å². The van der Waals surface area contributed by atoms with Crippen molar-refractivity contribution >= 4 is 11.8 Å². The fourth-order valence-electron chi connectivity index (χ4n) is 0.619. The van der Waals surface area contributed by atoms with Crippen molar-refractivity contribution in [3.63, 3.8) is 0 Å². The maximum Gasteiger partial charge on any atom is 0.134 e. The third kappa shape index (κ3) is 4.23. The van der Waals surface area contributed by atoms with Gasteiger partial charge in [0, 0.05) is 0 Å². The van der Waals surface area contributed by atoms with Crippen molar-refractivity contribution in [1.82, 2.24) is 0 Å². The number of thiocyanates is 1. The van der Waals surface area contributed by atoms with Gasteiger partial charge in [-0.3, -0.25) is 0 Å². The highest BCUT2D eigenvalue weighted by molar-refractivity contribution is 8.04. The van der Waals surface area contributed by atoms with Crippen LogP contribution in [-0.4, -0.2) is 5.25 Å². The highest BCUT2D eigenvalue weighted by Crippen LogP contribution is 2.16. The monoisotopic (exact) mass is 154 g/mol. The molecule has 0 N–H and O–H groups in total. The molecule has 10 heavy (non-hydrogen) atoms. The SMILES string of the molecule is CC(C)C[C@@H](C#N)SC#N. The Labute approximate surface area is 65.8 Å². The second-order valence-corrected chi connectivity index (χ2v) is 3.44. The smallest absolute Gasteiger partial charge is 0.134 e. The van der Waals surface area contributed by atoms with E-state index in [-0.39, 0.29) is 5.25 Å². The number of hydrogen-bond donors (Lipinski definition) is 0. The number of nitriles is 2. The fourth-order valence-corrected chi connectivity index (χ4v) is 1.28. The molecule has 0 aliphatic heterocycles. The maximum atomic E-state index is 8.48. The Bertz CT molecular complexity index is 163. The van der Waals surface area contributed by atoms with E-state index in [1.807, 2.05) is 19.2 Å². The molecule has 0 saturated heterocycles. The number of hydrogen-bond acceptors (Lipinski definition) is 3. The Hall–Kier alpha value is -0.670. The summed E-state index contributed by atoms with van der Waals surface area (Å²) in [7, 11) is 0. The summed E-state index contributed by atoms with van der Waals surface area (Å²) in [6, 6.07) is 2.07. The second kappa shape index (κ2) is 5.14. The zero-order chi connectivity index (χ0) is 7.98. The first-order chi connectivity index (χ1) is 4.70. The van der Waals surface area contributed by atoms with Gasteiger partial charge in [0.25, 0.3) is 0 Å². The molecule has 0 unspecified atom stereocenters. The van der Waals surface area contributed by atoms with Crippen molar-refractivity contribution in [3.05, 3.63) is 0 Å². The van der Waals surface area contributed by atoms with Gasteiger partial charge < -0.3 is 0 Å². The van der Waals surface area contributed by atoms with Gasteiger partial charge in [-0.15, -0.1) is 0 Å². The van der Waals surface area contributed by atoms with Gasteiger partial charge in [-0.1, -0.05) is 13.8 Å². The van der Waals surface area contributed by atoms with Crippen molar-refractivity contribution < 1.29 is 0 Å². The van der Waals surface area contributed by atoms with Gasteiger partial charge in [0.2, 0.25) is 0 Å². The first-order valence-electron chi connectivity index (χ1n) is 3.15. The van der Waals surface area contributed by atoms with E-state index < -0.39 is 0 Å². The predicted octanol–water partition coefficient (Wildman–Crippen LogP) is 2.14. The molecule has 0 aromatic rings. The molecule has 0 aromatic carbocycles. The molecular formula is C7H10N2S. The summed E-state index contributed by atoms with van der Waals surface area (Å²) in [5, 5.41) is 18.5.